The average Bonchev–Trinajstić information content (AvgIpc) is 2.10. The summed E-state index contributed by atoms with van der Waals surface area (Å²) in [5.74, 6) is 0.470. The van der Waals surface area contributed by atoms with E-state index in [2.05, 4.69) is 0 Å². The molecule has 0 aromatic carbocycles. The Bertz CT molecular complexity index is 141. The van der Waals surface area contributed by atoms with Crippen LogP contribution in [0.3, 0.4) is 0 Å². The van der Waals surface area contributed by atoms with E-state index in [1.165, 1.54) is 18.7 Å². The molecule has 0 amide bonds. The van der Waals surface area contributed by atoms with E-state index in [4.69, 9.17) is 9.84 Å². The van der Waals surface area contributed by atoms with Gasteiger partial charge < -0.3 is 20.1 Å². The van der Waals surface area contributed by atoms with Crippen molar-refractivity contribution in [1.29, 1.82) is 0 Å². The third-order valence-corrected chi connectivity index (χ3v) is 2.76. The van der Waals surface area contributed by atoms with Crippen LogP contribution in [-0.2, 0) is 4.74 Å². The molecular formula is C9H20O4S. The first-order chi connectivity index (χ1) is 6.49. The molecule has 0 saturated carbocycles. The molecule has 5 heteroatoms. The molecule has 14 heavy (non-hydrogen) atoms. The van der Waals surface area contributed by atoms with Gasteiger partial charge in [-0.05, 0) is 20.8 Å². The summed E-state index contributed by atoms with van der Waals surface area (Å²) in [7, 11) is 0. The Kier molecular flexibility index (Phi) is 7.58. The molecule has 0 radical (unpaired) electrons. The van der Waals surface area contributed by atoms with Crippen molar-refractivity contribution in [3.8, 4) is 0 Å². The average molecular weight is 224 g/mol. The lowest BCUT2D eigenvalue weighted by molar-refractivity contribution is -0.0712. The van der Waals surface area contributed by atoms with Crippen molar-refractivity contribution < 1.29 is 20.1 Å². The minimum absolute atomic E-state index is 0.431. The zero-order valence-electron chi connectivity index (χ0n) is 8.88. The Morgan fingerprint density at radius 2 is 1.79 bits per heavy atom. The monoisotopic (exact) mass is 224 g/mol. The maximum absolute atomic E-state index is 9.56. The topological polar surface area (TPSA) is 69.9 Å². The SMILES string of the molecule is CCOC(CSC(C)O)[C@H](O)C(C)O. The molecule has 0 aromatic rings. The third kappa shape index (κ3) is 5.82. The molecule has 0 rings (SSSR count). The quantitative estimate of drug-likeness (QED) is 0.539. The number of aliphatic hydroxyl groups excluding tert-OH is 3. The Morgan fingerprint density at radius 1 is 1.21 bits per heavy atom. The summed E-state index contributed by atoms with van der Waals surface area (Å²) >= 11 is 1.28. The second kappa shape index (κ2) is 7.48. The zero-order chi connectivity index (χ0) is 11.1. The lowest BCUT2D eigenvalue weighted by Crippen LogP contribution is -2.39. The number of hydrogen-bond acceptors (Lipinski definition) is 5. The van der Waals surface area contributed by atoms with E-state index in [9.17, 15) is 10.2 Å². The summed E-state index contributed by atoms with van der Waals surface area (Å²) in [5.41, 5.74) is -0.487. The van der Waals surface area contributed by atoms with E-state index >= 15 is 0 Å². The molecule has 0 bridgehead atoms. The molecule has 86 valence electrons. The van der Waals surface area contributed by atoms with Crippen molar-refractivity contribution in [2.75, 3.05) is 12.4 Å². The first-order valence-corrected chi connectivity index (χ1v) is 5.81. The van der Waals surface area contributed by atoms with Gasteiger partial charge in [0.05, 0.1) is 17.6 Å². The number of aliphatic hydroxyl groups is 3. The number of thioether (sulfide) groups is 1. The Hall–Kier alpha value is 0.190. The highest BCUT2D eigenvalue weighted by atomic mass is 32.2. The molecule has 0 aliphatic heterocycles. The van der Waals surface area contributed by atoms with Crippen LogP contribution in [-0.4, -0.2) is 51.4 Å². The van der Waals surface area contributed by atoms with E-state index in [0.29, 0.717) is 12.4 Å². The maximum atomic E-state index is 9.56. The van der Waals surface area contributed by atoms with E-state index in [0.717, 1.165) is 0 Å². The summed E-state index contributed by atoms with van der Waals surface area (Å²) in [4.78, 5) is 0. The summed E-state index contributed by atoms with van der Waals surface area (Å²) in [5, 5.41) is 27.8. The Morgan fingerprint density at radius 3 is 2.14 bits per heavy atom. The molecular weight excluding hydrogens is 204 g/mol. The summed E-state index contributed by atoms with van der Waals surface area (Å²) in [6.45, 7) is 5.48. The van der Waals surface area contributed by atoms with Crippen LogP contribution in [0.25, 0.3) is 0 Å². The highest BCUT2D eigenvalue weighted by molar-refractivity contribution is 7.99. The van der Waals surface area contributed by atoms with Gasteiger partial charge in [-0.15, -0.1) is 11.8 Å². The van der Waals surface area contributed by atoms with Crippen LogP contribution in [0.1, 0.15) is 20.8 Å². The van der Waals surface area contributed by atoms with Gasteiger partial charge in [0.25, 0.3) is 0 Å². The molecule has 0 fully saturated rings. The lowest BCUT2D eigenvalue weighted by atomic mass is 10.1. The van der Waals surface area contributed by atoms with Gasteiger partial charge in [-0.3, -0.25) is 0 Å². The predicted octanol–water partition coefficient (Wildman–Crippen LogP) is 0.205. The fraction of sp³-hybridized carbons (Fsp3) is 1.00. The van der Waals surface area contributed by atoms with Crippen LogP contribution in [0, 0.1) is 0 Å². The fourth-order valence-electron chi connectivity index (χ4n) is 1.00. The lowest BCUT2D eigenvalue weighted by Gasteiger charge is -2.24. The van der Waals surface area contributed by atoms with Crippen molar-refractivity contribution in [3.05, 3.63) is 0 Å². The van der Waals surface area contributed by atoms with Crippen molar-refractivity contribution in [2.45, 2.75) is 44.5 Å². The van der Waals surface area contributed by atoms with Crippen LogP contribution in [0.5, 0.6) is 0 Å². The summed E-state index contributed by atoms with van der Waals surface area (Å²) in [6.07, 6.45) is -2.15. The Labute approximate surface area is 89.3 Å². The summed E-state index contributed by atoms with van der Waals surface area (Å²) in [6, 6.07) is 0. The van der Waals surface area contributed by atoms with Gasteiger partial charge in [-0.25, -0.2) is 0 Å². The molecule has 4 nitrogen and oxygen atoms in total. The van der Waals surface area contributed by atoms with Gasteiger partial charge in [0.15, 0.2) is 0 Å². The second-order valence-corrected chi connectivity index (χ2v) is 4.51. The molecule has 3 N–H and O–H groups in total. The second-order valence-electron chi connectivity index (χ2n) is 3.16. The minimum Gasteiger partial charge on any atom is -0.391 e. The fourth-order valence-corrected chi connectivity index (χ4v) is 1.77. The Balaban J connectivity index is 4.00. The number of rotatable bonds is 7. The van der Waals surface area contributed by atoms with E-state index in [1.807, 2.05) is 6.92 Å². The molecule has 0 saturated heterocycles. The standard InChI is InChI=1S/C9H20O4S/c1-4-13-8(5-14-7(3)11)9(12)6(2)10/h6-12H,4-5H2,1-3H3/t6?,7?,8?,9-/m1/s1. The molecule has 0 heterocycles. The first kappa shape index (κ1) is 14.2. The smallest absolute Gasteiger partial charge is 0.106 e. The molecule has 0 spiro atoms. The van der Waals surface area contributed by atoms with E-state index in [-0.39, 0.29) is 0 Å². The molecule has 3 unspecified atom stereocenters. The maximum Gasteiger partial charge on any atom is 0.106 e. The van der Waals surface area contributed by atoms with Crippen molar-refractivity contribution in [1.82, 2.24) is 0 Å². The summed E-state index contributed by atoms with van der Waals surface area (Å²) < 4.78 is 5.27. The van der Waals surface area contributed by atoms with Gasteiger partial charge in [0.2, 0.25) is 0 Å². The largest absolute Gasteiger partial charge is 0.391 e. The highest BCUT2D eigenvalue weighted by Crippen LogP contribution is 2.15. The van der Waals surface area contributed by atoms with Crippen LogP contribution in [0.4, 0.5) is 0 Å². The van der Waals surface area contributed by atoms with Gasteiger partial charge in [0.1, 0.15) is 6.10 Å². The van der Waals surface area contributed by atoms with E-state index in [1.54, 1.807) is 6.92 Å². The van der Waals surface area contributed by atoms with Gasteiger partial charge in [-0.1, -0.05) is 0 Å². The van der Waals surface area contributed by atoms with E-state index < -0.39 is 23.7 Å². The zero-order valence-corrected chi connectivity index (χ0v) is 9.70. The molecule has 4 atom stereocenters. The molecule has 0 aromatic heterocycles. The van der Waals surface area contributed by atoms with Gasteiger partial charge in [0, 0.05) is 12.4 Å². The third-order valence-electron chi connectivity index (χ3n) is 1.76. The normalized spacial score (nSPS) is 20.1. The molecule has 0 aliphatic rings. The van der Waals surface area contributed by atoms with Crippen molar-refractivity contribution in [3.63, 3.8) is 0 Å². The van der Waals surface area contributed by atoms with Gasteiger partial charge in [-0.2, -0.15) is 0 Å². The van der Waals surface area contributed by atoms with Crippen molar-refractivity contribution in [2.24, 2.45) is 0 Å². The van der Waals surface area contributed by atoms with Crippen LogP contribution >= 0.6 is 11.8 Å². The van der Waals surface area contributed by atoms with Gasteiger partial charge >= 0.3 is 0 Å². The van der Waals surface area contributed by atoms with Crippen LogP contribution < -0.4 is 0 Å². The highest BCUT2D eigenvalue weighted by Gasteiger charge is 2.24. The molecule has 0 aliphatic carbocycles. The van der Waals surface area contributed by atoms with Crippen LogP contribution in [0.15, 0.2) is 0 Å². The first-order valence-electron chi connectivity index (χ1n) is 4.76. The minimum atomic E-state index is -0.902. The predicted molar refractivity (Wildman–Crippen MR) is 57.2 cm³/mol. The number of ether oxygens (including phenoxy) is 1. The van der Waals surface area contributed by atoms with Crippen molar-refractivity contribution >= 4 is 11.8 Å². The van der Waals surface area contributed by atoms with Crippen LogP contribution in [0.2, 0.25) is 0 Å². The number of hydrogen-bond donors (Lipinski definition) is 3.